The molecule has 0 amide bonds. The van der Waals surface area contributed by atoms with Crippen molar-refractivity contribution >= 4 is 30.8 Å². The third-order valence-corrected chi connectivity index (χ3v) is 8.32. The monoisotopic (exact) mass is 502 g/mol. The molecule has 3 N–H and O–H groups in total. The predicted molar refractivity (Wildman–Crippen MR) is 131 cm³/mol. The lowest BCUT2D eigenvalue weighted by Gasteiger charge is -2.59. The van der Waals surface area contributed by atoms with E-state index in [0.29, 0.717) is 24.1 Å². The van der Waals surface area contributed by atoms with Gasteiger partial charge in [0.15, 0.2) is 11.5 Å². The van der Waals surface area contributed by atoms with Crippen molar-refractivity contribution in [1.29, 1.82) is 0 Å². The van der Waals surface area contributed by atoms with E-state index in [1.165, 1.54) is 0 Å². The molecule has 4 aliphatic rings. The summed E-state index contributed by atoms with van der Waals surface area (Å²) in [5.41, 5.74) is 2.08. The summed E-state index contributed by atoms with van der Waals surface area (Å²) in [5.74, 6) is 1.37. The Balaban J connectivity index is 0.00000153. The molecule has 1 saturated heterocycles. The Morgan fingerprint density at radius 1 is 1.36 bits per heavy atom. The van der Waals surface area contributed by atoms with Crippen molar-refractivity contribution in [2.24, 2.45) is 11.8 Å². The summed E-state index contributed by atoms with van der Waals surface area (Å²) in [5, 5.41) is 24.1. The van der Waals surface area contributed by atoms with Crippen LogP contribution in [0.5, 0.6) is 17.2 Å². The van der Waals surface area contributed by atoms with Crippen LogP contribution in [0.2, 0.25) is 0 Å². The highest BCUT2D eigenvalue weighted by Crippen LogP contribution is 2.65. The second kappa shape index (κ2) is 9.33. The number of likely N-dealkylation sites (tertiary alicyclic amines) is 1. The average Bonchev–Trinajstić information content (AvgIpc) is 3.07. The number of carboxylic acids is 1. The average molecular weight is 503 g/mol. The Labute approximate surface area is 208 Å². The molecule has 2 heterocycles. The van der Waals surface area contributed by atoms with Crippen molar-refractivity contribution in [3.05, 3.63) is 17.2 Å². The number of ether oxygens (including phenoxy) is 2. The minimum absolute atomic E-state index is 0. The highest BCUT2D eigenvalue weighted by atomic mass is 35.5. The van der Waals surface area contributed by atoms with Crippen molar-refractivity contribution in [3.63, 3.8) is 0 Å². The number of phenols is 1. The van der Waals surface area contributed by atoms with E-state index in [0.717, 1.165) is 49.1 Å². The van der Waals surface area contributed by atoms with Crippen LogP contribution in [0.25, 0.3) is 0 Å². The van der Waals surface area contributed by atoms with E-state index in [1.54, 1.807) is 13.2 Å². The first kappa shape index (κ1) is 26.2. The topological polar surface area (TPSA) is 91.3 Å². The zero-order chi connectivity index (χ0) is 22.1. The summed E-state index contributed by atoms with van der Waals surface area (Å²) in [6.07, 6.45) is 4.15. The normalized spacial score (nSPS) is 32.2. The van der Waals surface area contributed by atoms with Gasteiger partial charge in [0.05, 0.1) is 7.11 Å². The summed E-state index contributed by atoms with van der Waals surface area (Å²) < 4.78 is 12.2. The summed E-state index contributed by atoms with van der Waals surface area (Å²) in [4.78, 5) is 14.4. The van der Waals surface area contributed by atoms with Crippen LogP contribution in [0, 0.1) is 11.8 Å². The van der Waals surface area contributed by atoms with Gasteiger partial charge in [-0.15, -0.1) is 24.8 Å². The second-order valence-electron chi connectivity index (χ2n) is 10.3. The molecule has 7 nitrogen and oxygen atoms in total. The number of methoxy groups -OCH3 is 1. The number of likely N-dealkylation sites (N-methyl/N-ethyl adjacent to an activating group) is 1. The number of carbonyl (C=O) groups is 1. The number of aromatic hydroxyl groups is 1. The third kappa shape index (κ3) is 3.76. The molecular weight excluding hydrogens is 467 g/mol. The molecule has 0 aromatic heterocycles. The quantitative estimate of drug-likeness (QED) is 0.549. The van der Waals surface area contributed by atoms with E-state index in [-0.39, 0.29) is 54.0 Å². The molecule has 1 aromatic rings. The molecule has 2 fully saturated rings. The Kier molecular flexibility index (Phi) is 7.40. The van der Waals surface area contributed by atoms with Gasteiger partial charge in [0.1, 0.15) is 17.9 Å². The van der Waals surface area contributed by atoms with Crippen molar-refractivity contribution in [3.8, 4) is 17.2 Å². The Morgan fingerprint density at radius 3 is 2.73 bits per heavy atom. The maximum Gasteiger partial charge on any atom is 0.320 e. The molecule has 1 saturated carbocycles. The van der Waals surface area contributed by atoms with Crippen molar-refractivity contribution in [2.45, 2.75) is 75.6 Å². The van der Waals surface area contributed by atoms with E-state index in [2.05, 4.69) is 31.1 Å². The summed E-state index contributed by atoms with van der Waals surface area (Å²) in [7, 11) is 3.86. The lowest BCUT2D eigenvalue weighted by molar-refractivity contribution is -0.141. The standard InChI is InChI=1S/C24H34N2O5.2ClH/c1-12(2)9-16(23(28)29)25-15-6-5-14-17-10-13-19(30-4)11-18(27)21-20(13)24(14,22(15)31-21)7-8-26(17)3;;/h11-12,14-17,22,25,27H,5-10H2,1-4H3,(H,28,29);2*1H/t14-,15+,16-,17+,22-,24-;;/m0../s1. The first-order valence-electron chi connectivity index (χ1n) is 11.6. The predicted octanol–water partition coefficient (Wildman–Crippen LogP) is 3.37. The van der Waals surface area contributed by atoms with Crippen LogP contribution in [0.1, 0.15) is 50.7 Å². The number of nitrogens with zero attached hydrogens (tertiary/aromatic N) is 1. The van der Waals surface area contributed by atoms with E-state index < -0.39 is 12.0 Å². The van der Waals surface area contributed by atoms with Gasteiger partial charge in [-0.05, 0) is 57.5 Å². The number of carboxylic acid groups (broad SMARTS) is 1. The third-order valence-electron chi connectivity index (χ3n) is 8.32. The number of aliphatic carboxylic acids is 1. The first-order chi connectivity index (χ1) is 14.8. The van der Waals surface area contributed by atoms with Gasteiger partial charge in [0.2, 0.25) is 0 Å². The largest absolute Gasteiger partial charge is 0.504 e. The fourth-order valence-corrected chi connectivity index (χ4v) is 7.11. The second-order valence-corrected chi connectivity index (χ2v) is 10.3. The molecule has 2 bridgehead atoms. The molecule has 33 heavy (non-hydrogen) atoms. The number of hydrogen-bond acceptors (Lipinski definition) is 6. The maximum atomic E-state index is 12.0. The fraction of sp³-hybridized carbons (Fsp3) is 0.708. The molecule has 2 aliphatic heterocycles. The molecule has 1 aromatic carbocycles. The lowest BCUT2D eigenvalue weighted by atomic mass is 9.51. The minimum Gasteiger partial charge on any atom is -0.504 e. The van der Waals surface area contributed by atoms with Crippen LogP contribution in [0.15, 0.2) is 6.07 Å². The Bertz CT molecular complexity index is 913. The van der Waals surface area contributed by atoms with Gasteiger partial charge in [0.25, 0.3) is 0 Å². The molecule has 5 rings (SSSR count). The number of nitrogens with one attached hydrogen (secondary N) is 1. The van der Waals surface area contributed by atoms with E-state index >= 15 is 0 Å². The molecule has 186 valence electrons. The molecule has 1 spiro atoms. The number of halogens is 2. The molecular formula is C24H36Cl2N2O5. The van der Waals surface area contributed by atoms with Crippen LogP contribution in [-0.4, -0.2) is 66.0 Å². The number of benzene rings is 1. The van der Waals surface area contributed by atoms with Gasteiger partial charge in [-0.2, -0.15) is 0 Å². The molecule has 0 unspecified atom stereocenters. The zero-order valence-electron chi connectivity index (χ0n) is 19.7. The van der Waals surface area contributed by atoms with Crippen molar-refractivity contribution in [1.82, 2.24) is 10.2 Å². The van der Waals surface area contributed by atoms with E-state index in [1.807, 2.05) is 0 Å². The SMILES string of the molecule is COc1cc(O)c2c3c1C[C@@H]1[C@@H]4CC[C@@H](N[C@@H](CC(C)C)C(=O)O)[C@H](O2)[C@]34CCN1C.Cl.Cl. The van der Waals surface area contributed by atoms with Gasteiger partial charge >= 0.3 is 5.97 Å². The van der Waals surface area contributed by atoms with Gasteiger partial charge in [-0.1, -0.05) is 13.8 Å². The van der Waals surface area contributed by atoms with Gasteiger partial charge < -0.3 is 24.6 Å². The molecule has 0 radical (unpaired) electrons. The Morgan fingerprint density at radius 2 is 2.09 bits per heavy atom. The van der Waals surface area contributed by atoms with Gasteiger partial charge in [-0.25, -0.2) is 0 Å². The summed E-state index contributed by atoms with van der Waals surface area (Å²) in [6, 6.07) is 1.42. The summed E-state index contributed by atoms with van der Waals surface area (Å²) in [6.45, 7) is 5.07. The number of rotatable bonds is 6. The van der Waals surface area contributed by atoms with Crippen LogP contribution in [0.4, 0.5) is 0 Å². The lowest BCUT2D eigenvalue weighted by Crippen LogP contribution is -2.68. The van der Waals surface area contributed by atoms with Crippen LogP contribution in [0.3, 0.4) is 0 Å². The molecule has 6 atom stereocenters. The maximum absolute atomic E-state index is 12.0. The number of phenolic OH excluding ortho intramolecular Hbond substituents is 1. The van der Waals surface area contributed by atoms with Crippen molar-refractivity contribution < 1.29 is 24.5 Å². The van der Waals surface area contributed by atoms with Gasteiger partial charge in [0, 0.05) is 34.7 Å². The van der Waals surface area contributed by atoms with E-state index in [4.69, 9.17) is 9.47 Å². The minimum atomic E-state index is -0.807. The number of piperidine rings is 1. The van der Waals surface area contributed by atoms with Crippen LogP contribution in [-0.2, 0) is 16.6 Å². The van der Waals surface area contributed by atoms with E-state index in [9.17, 15) is 15.0 Å². The van der Waals surface area contributed by atoms with Gasteiger partial charge in [-0.3, -0.25) is 10.1 Å². The first-order valence-corrected chi connectivity index (χ1v) is 11.6. The Hall–Kier alpha value is -1.41. The molecule has 2 aliphatic carbocycles. The van der Waals surface area contributed by atoms with Crippen LogP contribution < -0.4 is 14.8 Å². The molecule has 9 heteroatoms. The highest BCUT2D eigenvalue weighted by Gasteiger charge is 2.66. The smallest absolute Gasteiger partial charge is 0.320 e. The fourth-order valence-electron chi connectivity index (χ4n) is 7.11. The zero-order valence-corrected chi connectivity index (χ0v) is 21.3. The van der Waals surface area contributed by atoms with Crippen LogP contribution >= 0.6 is 24.8 Å². The number of hydrogen-bond donors (Lipinski definition) is 3. The summed E-state index contributed by atoms with van der Waals surface area (Å²) >= 11 is 0. The highest BCUT2D eigenvalue weighted by molar-refractivity contribution is 5.85. The van der Waals surface area contributed by atoms with Crippen molar-refractivity contribution in [2.75, 3.05) is 20.7 Å².